The Kier molecular flexibility index (Phi) is 4.55. The van der Waals surface area contributed by atoms with E-state index in [0.29, 0.717) is 0 Å². The average molecular weight is 510 g/mol. The molecule has 0 bridgehead atoms. The molecule has 1 saturated heterocycles. The number of furan rings is 2. The largest absolute Gasteiger partial charge is 0.494 e. The van der Waals surface area contributed by atoms with Crippen LogP contribution in [0, 0.1) is 0 Å². The van der Waals surface area contributed by atoms with Crippen molar-refractivity contribution in [1.82, 2.24) is 0 Å². The molecular weight excluding hydrogens is 483 g/mol. The molecule has 0 unspecified atom stereocenters. The van der Waals surface area contributed by atoms with Crippen molar-refractivity contribution in [1.29, 1.82) is 0 Å². The van der Waals surface area contributed by atoms with Gasteiger partial charge in [0.15, 0.2) is 0 Å². The third kappa shape index (κ3) is 3.21. The average Bonchev–Trinajstić information content (AvgIpc) is 3.55. The molecule has 3 heterocycles. The van der Waals surface area contributed by atoms with Gasteiger partial charge in [0.05, 0.1) is 11.2 Å². The highest BCUT2D eigenvalue weighted by Gasteiger charge is 2.51. The second-order valence-corrected chi connectivity index (χ2v) is 11.6. The maximum Gasteiger partial charge on any atom is 0.494 e. The van der Waals surface area contributed by atoms with E-state index >= 15 is 0 Å². The number of para-hydroxylation sites is 1. The van der Waals surface area contributed by atoms with Crippen LogP contribution in [0.1, 0.15) is 27.7 Å². The van der Waals surface area contributed by atoms with E-state index < -0.39 is 18.3 Å². The first-order chi connectivity index (χ1) is 18.8. The summed E-state index contributed by atoms with van der Waals surface area (Å²) in [6, 6.07) is 31.6. The van der Waals surface area contributed by atoms with Crippen LogP contribution in [0.2, 0.25) is 0 Å². The van der Waals surface area contributed by atoms with Crippen LogP contribution in [-0.2, 0) is 9.31 Å². The fraction of sp³-hybridized carbons (Fsp3) is 0.176. The quantitative estimate of drug-likeness (QED) is 0.219. The zero-order valence-corrected chi connectivity index (χ0v) is 22.4. The highest BCUT2D eigenvalue weighted by molar-refractivity contribution is 6.62. The summed E-state index contributed by atoms with van der Waals surface area (Å²) in [5.74, 6) is 0. The first-order valence-electron chi connectivity index (χ1n) is 13.4. The zero-order valence-electron chi connectivity index (χ0n) is 22.4. The Morgan fingerprint density at radius 2 is 1.21 bits per heavy atom. The van der Waals surface area contributed by atoms with Crippen LogP contribution in [-0.4, -0.2) is 18.3 Å². The molecule has 5 heteroatoms. The van der Waals surface area contributed by atoms with E-state index in [1.165, 1.54) is 5.39 Å². The smallest absolute Gasteiger partial charge is 0.456 e. The molecule has 0 atom stereocenters. The van der Waals surface area contributed by atoms with Crippen LogP contribution in [0.5, 0.6) is 0 Å². The van der Waals surface area contributed by atoms with E-state index in [9.17, 15) is 0 Å². The lowest BCUT2D eigenvalue weighted by Crippen LogP contribution is -2.41. The van der Waals surface area contributed by atoms with Crippen molar-refractivity contribution in [2.75, 3.05) is 0 Å². The van der Waals surface area contributed by atoms with Gasteiger partial charge in [0, 0.05) is 27.1 Å². The minimum Gasteiger partial charge on any atom is -0.456 e. The second-order valence-electron chi connectivity index (χ2n) is 11.6. The summed E-state index contributed by atoms with van der Waals surface area (Å²) in [6.07, 6.45) is 0. The zero-order chi connectivity index (χ0) is 26.5. The van der Waals surface area contributed by atoms with E-state index in [1.54, 1.807) is 0 Å². The molecule has 7 aromatic rings. The van der Waals surface area contributed by atoms with Gasteiger partial charge in [-0.15, -0.1) is 0 Å². The van der Waals surface area contributed by atoms with Crippen LogP contribution >= 0.6 is 0 Å². The molecule has 0 saturated carbocycles. The molecule has 0 amide bonds. The van der Waals surface area contributed by atoms with Gasteiger partial charge < -0.3 is 18.1 Å². The molecule has 190 valence electrons. The Balaban J connectivity index is 1.41. The van der Waals surface area contributed by atoms with Gasteiger partial charge in [-0.1, -0.05) is 66.7 Å². The second kappa shape index (κ2) is 7.75. The lowest BCUT2D eigenvalue weighted by atomic mass is 9.78. The van der Waals surface area contributed by atoms with Crippen LogP contribution in [0.3, 0.4) is 0 Å². The highest BCUT2D eigenvalue weighted by atomic mass is 16.7. The Labute approximate surface area is 226 Å². The molecule has 8 rings (SSSR count). The van der Waals surface area contributed by atoms with Crippen LogP contribution in [0.4, 0.5) is 0 Å². The topological polar surface area (TPSA) is 44.7 Å². The lowest BCUT2D eigenvalue weighted by Gasteiger charge is -2.32. The summed E-state index contributed by atoms with van der Waals surface area (Å²) in [4.78, 5) is 0. The van der Waals surface area contributed by atoms with E-state index in [2.05, 4.69) is 100 Å². The normalized spacial score (nSPS) is 16.9. The molecular formula is C34H27BO4. The van der Waals surface area contributed by atoms with Gasteiger partial charge in [-0.25, -0.2) is 0 Å². The van der Waals surface area contributed by atoms with Crippen molar-refractivity contribution >= 4 is 67.2 Å². The number of fused-ring (bicyclic) bond motifs is 7. The summed E-state index contributed by atoms with van der Waals surface area (Å²) in [5, 5.41) is 6.73. The Bertz CT molecular complexity index is 2080. The molecule has 5 aromatic carbocycles. The van der Waals surface area contributed by atoms with E-state index in [4.69, 9.17) is 18.1 Å². The minimum atomic E-state index is -0.443. The molecule has 1 aliphatic rings. The first-order valence-corrected chi connectivity index (χ1v) is 13.4. The van der Waals surface area contributed by atoms with Crippen molar-refractivity contribution in [3.8, 4) is 11.1 Å². The maximum absolute atomic E-state index is 6.48. The molecule has 4 nitrogen and oxygen atoms in total. The third-order valence-electron chi connectivity index (χ3n) is 8.71. The van der Waals surface area contributed by atoms with Gasteiger partial charge in [0.25, 0.3) is 0 Å². The summed E-state index contributed by atoms with van der Waals surface area (Å²) in [7, 11) is -0.443. The standard InChI is InChI=1S/C34H27BO4/c1-33(2)34(3,4)39-35(38-33)21-16-17-24-28(19-21)37-27-15-9-13-25(30(24)27)31-22-11-6-5-10-20(22)18-29-32(31)23-12-7-8-14-26(23)36-29/h5-19H,1-4H3. The number of rotatable bonds is 2. The Hall–Kier alpha value is -4.06. The maximum atomic E-state index is 6.48. The van der Waals surface area contributed by atoms with Gasteiger partial charge in [0.1, 0.15) is 22.3 Å². The molecule has 0 N–H and O–H groups in total. The molecule has 0 radical (unpaired) electrons. The molecule has 2 aromatic heterocycles. The number of benzene rings is 5. The van der Waals surface area contributed by atoms with Gasteiger partial charge in [-0.05, 0) is 73.8 Å². The fourth-order valence-corrected chi connectivity index (χ4v) is 6.01. The van der Waals surface area contributed by atoms with Crippen molar-refractivity contribution in [2.45, 2.75) is 38.9 Å². The predicted octanol–water partition coefficient (Wildman–Crippen LogP) is 8.60. The van der Waals surface area contributed by atoms with E-state index in [0.717, 1.165) is 65.9 Å². The lowest BCUT2D eigenvalue weighted by molar-refractivity contribution is 0.00578. The van der Waals surface area contributed by atoms with Gasteiger partial charge in [-0.2, -0.15) is 0 Å². The summed E-state index contributed by atoms with van der Waals surface area (Å²) >= 11 is 0. The van der Waals surface area contributed by atoms with Crippen LogP contribution < -0.4 is 5.46 Å². The summed E-state index contributed by atoms with van der Waals surface area (Å²) in [5.41, 5.74) is 5.88. The summed E-state index contributed by atoms with van der Waals surface area (Å²) < 4.78 is 25.5. The summed E-state index contributed by atoms with van der Waals surface area (Å²) in [6.45, 7) is 8.29. The third-order valence-corrected chi connectivity index (χ3v) is 8.71. The molecule has 39 heavy (non-hydrogen) atoms. The van der Waals surface area contributed by atoms with Crippen molar-refractivity contribution < 1.29 is 18.1 Å². The van der Waals surface area contributed by atoms with Crippen molar-refractivity contribution in [3.63, 3.8) is 0 Å². The minimum absolute atomic E-state index is 0.402. The number of hydrogen-bond acceptors (Lipinski definition) is 4. The molecule has 1 aliphatic heterocycles. The highest BCUT2D eigenvalue weighted by Crippen LogP contribution is 2.46. The fourth-order valence-electron chi connectivity index (χ4n) is 6.01. The first kappa shape index (κ1) is 22.9. The monoisotopic (exact) mass is 510 g/mol. The predicted molar refractivity (Wildman–Crippen MR) is 160 cm³/mol. The Morgan fingerprint density at radius 1 is 0.538 bits per heavy atom. The van der Waals surface area contributed by atoms with Gasteiger partial charge >= 0.3 is 7.12 Å². The SMILES string of the molecule is CC1(C)OB(c2ccc3c(c2)oc2cccc(-c4c5ccccc5cc5oc6ccccc6c45)c23)OC1(C)C. The van der Waals surface area contributed by atoms with E-state index in [1.807, 2.05) is 18.2 Å². The van der Waals surface area contributed by atoms with Gasteiger partial charge in [-0.3, -0.25) is 0 Å². The molecule has 1 fully saturated rings. The molecule has 0 aliphatic carbocycles. The van der Waals surface area contributed by atoms with Crippen LogP contribution in [0.15, 0.2) is 99.8 Å². The van der Waals surface area contributed by atoms with Crippen molar-refractivity contribution in [3.05, 3.63) is 91.0 Å². The Morgan fingerprint density at radius 3 is 2.03 bits per heavy atom. The van der Waals surface area contributed by atoms with E-state index in [-0.39, 0.29) is 0 Å². The number of hydrogen-bond donors (Lipinski definition) is 0. The van der Waals surface area contributed by atoms with Crippen molar-refractivity contribution in [2.24, 2.45) is 0 Å². The van der Waals surface area contributed by atoms with Crippen LogP contribution in [0.25, 0.3) is 65.8 Å². The molecule has 0 spiro atoms. The van der Waals surface area contributed by atoms with Gasteiger partial charge in [0.2, 0.25) is 0 Å².